The Labute approximate surface area is 435 Å². The average Bonchev–Trinajstić information content (AvgIpc) is 4.14. The maximum absolute atomic E-state index is 5.19. The van der Waals surface area contributed by atoms with Crippen LogP contribution < -0.4 is 0 Å². The quantitative estimate of drug-likeness (QED) is 0.156. The fourth-order valence-corrected chi connectivity index (χ4v) is 13.1. The largest absolute Gasteiger partial charge is 0.308 e. The summed E-state index contributed by atoms with van der Waals surface area (Å²) in [5.41, 5.74) is 15.4. The first-order chi connectivity index (χ1) is 37.2. The molecule has 0 aliphatic heterocycles. The third-order valence-electron chi connectivity index (χ3n) is 15.6. The average molecular weight is 971 g/mol. The highest BCUT2D eigenvalue weighted by atomic mass is 32.1. The summed E-state index contributed by atoms with van der Waals surface area (Å²) >= 11 is 1.86. The SMILES string of the molecule is c1ccc(-c2ccc3sc4ccc(-c5cccc(-n6c7ccccc7c7cc(-c8cc9c%10ccccc%10n(-c%10cccc(-c%11ccc%12c%13ccccc%13c%13ccccc%13c%12c%11)c%10)c9cn8)ncc76)c5)cc4c3c2)cc1. The van der Waals surface area contributed by atoms with Crippen LogP contribution in [0.25, 0.3) is 152 Å². The summed E-state index contributed by atoms with van der Waals surface area (Å²) in [5.74, 6) is 0. The van der Waals surface area contributed by atoms with Gasteiger partial charge in [-0.1, -0.05) is 164 Å². The van der Waals surface area contributed by atoms with Gasteiger partial charge in [-0.05, 0) is 145 Å². The molecule has 0 bridgehead atoms. The Bertz CT molecular complexity index is 4980. The Balaban J connectivity index is 0.776. The molecule has 75 heavy (non-hydrogen) atoms. The van der Waals surface area contributed by atoms with Gasteiger partial charge in [-0.15, -0.1) is 11.3 Å². The van der Waals surface area contributed by atoms with E-state index in [0.29, 0.717) is 0 Å². The van der Waals surface area contributed by atoms with Crippen LogP contribution in [-0.2, 0) is 0 Å². The summed E-state index contributed by atoms with van der Waals surface area (Å²) in [6.07, 6.45) is 4.06. The van der Waals surface area contributed by atoms with E-state index in [1.54, 1.807) is 0 Å². The molecule has 0 aliphatic carbocycles. The van der Waals surface area contributed by atoms with E-state index in [2.05, 4.69) is 252 Å². The lowest BCUT2D eigenvalue weighted by molar-refractivity contribution is 1.16. The van der Waals surface area contributed by atoms with Crippen LogP contribution in [0.2, 0.25) is 0 Å². The summed E-state index contributed by atoms with van der Waals surface area (Å²) in [6, 6.07) is 88.6. The predicted molar refractivity (Wildman–Crippen MR) is 318 cm³/mol. The van der Waals surface area contributed by atoms with E-state index in [-0.39, 0.29) is 0 Å². The number of fused-ring (bicyclic) bond motifs is 15. The molecular weight excluding hydrogens is 929 g/mol. The molecule has 4 nitrogen and oxygen atoms in total. The molecule has 0 unspecified atom stereocenters. The van der Waals surface area contributed by atoms with Gasteiger partial charge in [-0.3, -0.25) is 9.97 Å². The van der Waals surface area contributed by atoms with Gasteiger partial charge in [0.05, 0.1) is 45.8 Å². The van der Waals surface area contributed by atoms with Gasteiger partial charge in [-0.2, -0.15) is 0 Å². The van der Waals surface area contributed by atoms with Crippen LogP contribution in [0.3, 0.4) is 0 Å². The van der Waals surface area contributed by atoms with Crippen LogP contribution >= 0.6 is 11.3 Å². The summed E-state index contributed by atoms with van der Waals surface area (Å²) < 4.78 is 7.31. The molecule has 16 rings (SSSR count). The van der Waals surface area contributed by atoms with Crippen molar-refractivity contribution in [3.8, 4) is 56.1 Å². The number of benzene rings is 11. The number of nitrogens with zero attached hydrogens (tertiary/aromatic N) is 4. The number of hydrogen-bond acceptors (Lipinski definition) is 3. The van der Waals surface area contributed by atoms with Crippen molar-refractivity contribution in [1.82, 2.24) is 19.1 Å². The molecule has 5 heterocycles. The number of hydrogen-bond donors (Lipinski definition) is 0. The van der Waals surface area contributed by atoms with E-state index in [1.807, 2.05) is 23.7 Å². The van der Waals surface area contributed by atoms with Gasteiger partial charge in [0.15, 0.2) is 0 Å². The van der Waals surface area contributed by atoms with Crippen LogP contribution in [0.15, 0.2) is 255 Å². The first-order valence-corrected chi connectivity index (χ1v) is 26.3. The summed E-state index contributed by atoms with van der Waals surface area (Å²) in [6.45, 7) is 0. The second-order valence-electron chi connectivity index (χ2n) is 19.7. The first-order valence-electron chi connectivity index (χ1n) is 25.5. The van der Waals surface area contributed by atoms with Crippen LogP contribution in [0, 0.1) is 0 Å². The topological polar surface area (TPSA) is 35.6 Å². The number of aromatic nitrogens is 4. The molecule has 348 valence electrons. The van der Waals surface area contributed by atoms with E-state index in [4.69, 9.17) is 9.97 Å². The molecule has 0 radical (unpaired) electrons. The van der Waals surface area contributed by atoms with Crippen molar-refractivity contribution in [2.45, 2.75) is 0 Å². The minimum absolute atomic E-state index is 0.836. The zero-order chi connectivity index (χ0) is 49.1. The van der Waals surface area contributed by atoms with Crippen molar-refractivity contribution >= 4 is 107 Å². The lowest BCUT2D eigenvalue weighted by Gasteiger charge is -2.13. The highest BCUT2D eigenvalue weighted by Gasteiger charge is 2.19. The molecule has 0 saturated heterocycles. The van der Waals surface area contributed by atoms with Crippen molar-refractivity contribution in [3.63, 3.8) is 0 Å². The van der Waals surface area contributed by atoms with Crippen molar-refractivity contribution in [3.05, 3.63) is 255 Å². The minimum Gasteiger partial charge on any atom is -0.308 e. The number of thiophene rings is 1. The Hall–Kier alpha value is -9.68. The molecule has 0 saturated carbocycles. The van der Waals surface area contributed by atoms with Crippen LogP contribution in [0.4, 0.5) is 0 Å². The van der Waals surface area contributed by atoms with Gasteiger partial charge in [-0.25, -0.2) is 0 Å². The van der Waals surface area contributed by atoms with E-state index < -0.39 is 0 Å². The second-order valence-corrected chi connectivity index (χ2v) is 20.8. The van der Waals surface area contributed by atoms with E-state index in [9.17, 15) is 0 Å². The molecule has 0 atom stereocenters. The van der Waals surface area contributed by atoms with E-state index in [0.717, 1.165) is 61.2 Å². The number of para-hydroxylation sites is 2. The Morgan fingerprint density at radius 2 is 0.627 bits per heavy atom. The molecule has 0 amide bonds. The van der Waals surface area contributed by atoms with Gasteiger partial charge >= 0.3 is 0 Å². The zero-order valence-electron chi connectivity index (χ0n) is 40.4. The van der Waals surface area contributed by atoms with Crippen LogP contribution in [0.5, 0.6) is 0 Å². The molecule has 0 spiro atoms. The molecular formula is C70H42N4S. The van der Waals surface area contributed by atoms with E-state index >= 15 is 0 Å². The van der Waals surface area contributed by atoms with E-state index in [1.165, 1.54) is 91.1 Å². The van der Waals surface area contributed by atoms with Gasteiger partial charge in [0, 0.05) is 53.1 Å². The maximum Gasteiger partial charge on any atom is 0.0894 e. The standard InChI is InChI=1S/C70H42N4S/c1-2-14-43(15-3-1)46-29-32-69-61(37-46)62-38-48(30-33-70(62)75-69)45-17-13-19-50(35-45)74-66-27-11-9-25-57(66)60-40-64(72-42-68(60)74)63-39-59-56-24-8-10-26-65(56)73(67(59)41-71-63)49-18-12-16-44(34-49)47-28-31-55-53-22-5-4-20-51(53)52-21-6-7-23-54(52)58(55)36-47/h1-42H. The molecule has 0 N–H and O–H groups in total. The lowest BCUT2D eigenvalue weighted by atomic mass is 9.92. The number of rotatable bonds is 6. The second kappa shape index (κ2) is 16.4. The third kappa shape index (κ3) is 6.55. The molecule has 11 aromatic carbocycles. The van der Waals surface area contributed by atoms with Crippen molar-refractivity contribution in [2.75, 3.05) is 0 Å². The normalized spacial score (nSPS) is 12.0. The monoisotopic (exact) mass is 970 g/mol. The molecule has 5 heteroatoms. The van der Waals surface area contributed by atoms with Gasteiger partial charge in [0.2, 0.25) is 0 Å². The highest BCUT2D eigenvalue weighted by Crippen LogP contribution is 2.42. The van der Waals surface area contributed by atoms with Gasteiger partial charge in [0.25, 0.3) is 0 Å². The fraction of sp³-hybridized carbons (Fsp3) is 0. The maximum atomic E-state index is 5.19. The van der Waals surface area contributed by atoms with Gasteiger partial charge < -0.3 is 9.13 Å². The summed E-state index contributed by atoms with van der Waals surface area (Å²) in [5, 5.41) is 14.9. The molecule has 16 aromatic rings. The minimum atomic E-state index is 0.836. The van der Waals surface area contributed by atoms with Crippen LogP contribution in [-0.4, -0.2) is 19.1 Å². The smallest absolute Gasteiger partial charge is 0.0894 e. The zero-order valence-corrected chi connectivity index (χ0v) is 41.3. The van der Waals surface area contributed by atoms with Crippen LogP contribution in [0.1, 0.15) is 0 Å². The lowest BCUT2D eigenvalue weighted by Crippen LogP contribution is -1.96. The predicted octanol–water partition coefficient (Wildman–Crippen LogP) is 19.2. The molecule has 5 aromatic heterocycles. The summed E-state index contributed by atoms with van der Waals surface area (Å²) in [7, 11) is 0. The molecule has 0 aliphatic rings. The Morgan fingerprint density at radius 1 is 0.240 bits per heavy atom. The van der Waals surface area contributed by atoms with Crippen molar-refractivity contribution < 1.29 is 0 Å². The summed E-state index contributed by atoms with van der Waals surface area (Å²) in [4.78, 5) is 10.4. The highest BCUT2D eigenvalue weighted by molar-refractivity contribution is 7.25. The molecule has 0 fully saturated rings. The Kier molecular flexibility index (Phi) is 9.17. The van der Waals surface area contributed by atoms with Crippen molar-refractivity contribution in [2.24, 2.45) is 0 Å². The first kappa shape index (κ1) is 41.9. The Morgan fingerprint density at radius 3 is 1.15 bits per heavy atom. The number of pyridine rings is 2. The van der Waals surface area contributed by atoms with Gasteiger partial charge in [0.1, 0.15) is 0 Å². The fourth-order valence-electron chi connectivity index (χ4n) is 12.1. The van der Waals surface area contributed by atoms with Crippen molar-refractivity contribution in [1.29, 1.82) is 0 Å². The third-order valence-corrected chi connectivity index (χ3v) is 16.7.